The van der Waals surface area contributed by atoms with Gasteiger partial charge in [0.1, 0.15) is 11.7 Å². The molecule has 8 heteroatoms. The maximum Gasteiger partial charge on any atom is 0.305 e. The molecule has 34 heavy (non-hydrogen) atoms. The Balaban J connectivity index is 2.03. The second kappa shape index (κ2) is 9.72. The topological polar surface area (TPSA) is 80.3 Å². The van der Waals surface area contributed by atoms with Crippen LogP contribution in [0, 0.1) is 0 Å². The van der Waals surface area contributed by atoms with Crippen LogP contribution in [-0.4, -0.2) is 50.0 Å². The van der Waals surface area contributed by atoms with Crippen molar-refractivity contribution in [3.8, 4) is 0 Å². The molecule has 0 aromatic heterocycles. The minimum absolute atomic E-state index is 0.00108. The summed E-state index contributed by atoms with van der Waals surface area (Å²) in [6, 6.07) is 9.80. The Morgan fingerprint density at radius 3 is 2.12 bits per heavy atom. The number of ether oxygens (including phenoxy) is 4. The molecule has 2 aliphatic rings. The Hall–Kier alpha value is -1.74. The van der Waals surface area contributed by atoms with E-state index in [9.17, 15) is 9.59 Å². The van der Waals surface area contributed by atoms with Gasteiger partial charge in [0.2, 0.25) is 6.29 Å². The number of carbonyl (C=O) groups is 2. The summed E-state index contributed by atoms with van der Waals surface area (Å²) < 4.78 is 31.3. The number of hydrogen-bond donors (Lipinski definition) is 0. The lowest BCUT2D eigenvalue weighted by Gasteiger charge is -2.47. The third-order valence-corrected chi connectivity index (χ3v) is 12.0. The van der Waals surface area contributed by atoms with Gasteiger partial charge in [-0.15, -0.1) is 0 Å². The lowest BCUT2D eigenvalue weighted by atomic mass is 9.84. The van der Waals surface area contributed by atoms with Crippen LogP contribution in [0.5, 0.6) is 0 Å². The van der Waals surface area contributed by atoms with Crippen LogP contribution in [0.3, 0.4) is 0 Å². The molecule has 1 aliphatic heterocycles. The number of benzene rings is 1. The van der Waals surface area contributed by atoms with Crippen LogP contribution >= 0.6 is 0 Å². The molecule has 1 aromatic carbocycles. The van der Waals surface area contributed by atoms with Gasteiger partial charge < -0.3 is 23.4 Å². The van der Waals surface area contributed by atoms with Crippen molar-refractivity contribution in [2.45, 2.75) is 115 Å². The van der Waals surface area contributed by atoms with Crippen LogP contribution < -0.4 is 0 Å². The molecule has 0 spiro atoms. The van der Waals surface area contributed by atoms with E-state index in [0.29, 0.717) is 13.0 Å². The van der Waals surface area contributed by atoms with Crippen molar-refractivity contribution in [2.75, 3.05) is 0 Å². The van der Waals surface area contributed by atoms with E-state index in [1.807, 2.05) is 37.3 Å². The van der Waals surface area contributed by atoms with Gasteiger partial charge in [-0.2, -0.15) is 0 Å². The molecule has 2 unspecified atom stereocenters. The second-order valence-electron chi connectivity index (χ2n) is 11.0. The van der Waals surface area contributed by atoms with Gasteiger partial charge in [-0.1, -0.05) is 58.0 Å². The van der Waals surface area contributed by atoms with Gasteiger partial charge in [-0.05, 0) is 43.0 Å². The predicted molar refractivity (Wildman–Crippen MR) is 130 cm³/mol. The van der Waals surface area contributed by atoms with Crippen LogP contribution in [0.4, 0.5) is 0 Å². The van der Waals surface area contributed by atoms with Crippen molar-refractivity contribution in [1.29, 1.82) is 0 Å². The lowest BCUT2D eigenvalue weighted by Crippen LogP contribution is -2.60. The molecule has 0 amide bonds. The third kappa shape index (κ3) is 5.25. The summed E-state index contributed by atoms with van der Waals surface area (Å²) in [5.74, 6) is -0.993. The fourth-order valence-electron chi connectivity index (χ4n) is 4.64. The zero-order chi connectivity index (χ0) is 25.4. The van der Waals surface area contributed by atoms with E-state index in [1.165, 1.54) is 13.8 Å². The summed E-state index contributed by atoms with van der Waals surface area (Å²) in [5.41, 5.74) is -0.545. The number of rotatable bonds is 9. The summed E-state index contributed by atoms with van der Waals surface area (Å²) in [6.45, 7) is 16.0. The van der Waals surface area contributed by atoms with Crippen LogP contribution in [-0.2, 0) is 39.6 Å². The molecule has 0 bridgehead atoms. The van der Waals surface area contributed by atoms with Crippen molar-refractivity contribution in [3.05, 3.63) is 35.9 Å². The van der Waals surface area contributed by atoms with Gasteiger partial charge >= 0.3 is 11.9 Å². The zero-order valence-electron chi connectivity index (χ0n) is 21.8. The van der Waals surface area contributed by atoms with E-state index in [1.54, 1.807) is 0 Å². The molecular formula is C26H40O7Si. The van der Waals surface area contributed by atoms with E-state index in [0.717, 1.165) is 18.4 Å². The van der Waals surface area contributed by atoms with Gasteiger partial charge in [0.25, 0.3) is 0 Å². The van der Waals surface area contributed by atoms with Crippen LogP contribution in [0.2, 0.25) is 18.1 Å². The van der Waals surface area contributed by atoms with Crippen molar-refractivity contribution in [1.82, 2.24) is 0 Å². The van der Waals surface area contributed by atoms with Crippen molar-refractivity contribution < 1.29 is 33.0 Å². The standard InChI is InChI=1S/C26H40O7Si/c1-9-26(25(15-16-25)33-34(7,8)24(4,5)6)22(29-17-20-13-11-10-12-14-20)21(30-18(2)27)23(32-26)31-19(3)28/h10-14,21-23H,9,15-17H2,1-8H3/t21-,22?,23?,26+/m0/s1. The summed E-state index contributed by atoms with van der Waals surface area (Å²) >= 11 is 0. The molecule has 0 radical (unpaired) electrons. The summed E-state index contributed by atoms with van der Waals surface area (Å²) in [6.07, 6.45) is -0.473. The Morgan fingerprint density at radius 2 is 1.65 bits per heavy atom. The molecule has 4 atom stereocenters. The second-order valence-corrected chi connectivity index (χ2v) is 15.7. The predicted octanol–water partition coefficient (Wildman–Crippen LogP) is 5.13. The highest BCUT2D eigenvalue weighted by Crippen LogP contribution is 2.60. The van der Waals surface area contributed by atoms with Crippen molar-refractivity contribution in [3.63, 3.8) is 0 Å². The monoisotopic (exact) mass is 492 g/mol. The van der Waals surface area contributed by atoms with Gasteiger partial charge in [-0.25, -0.2) is 0 Å². The summed E-state index contributed by atoms with van der Waals surface area (Å²) in [5, 5.41) is 0.00108. The Labute approximate surface area is 204 Å². The highest BCUT2D eigenvalue weighted by atomic mass is 28.4. The Bertz CT molecular complexity index is 875. The SMILES string of the molecule is CC[C@@]1(C2(O[Si](C)(C)C(C)(C)C)CC2)OC(OC(C)=O)[C@@H](OC(C)=O)C1OCc1ccccc1. The summed E-state index contributed by atoms with van der Waals surface area (Å²) in [4.78, 5) is 24.0. The Morgan fingerprint density at radius 1 is 1.06 bits per heavy atom. The molecule has 2 fully saturated rings. The molecule has 1 aliphatic carbocycles. The average Bonchev–Trinajstić information content (AvgIpc) is 3.44. The smallest absolute Gasteiger partial charge is 0.305 e. The van der Waals surface area contributed by atoms with Crippen LogP contribution in [0.15, 0.2) is 30.3 Å². The van der Waals surface area contributed by atoms with Crippen LogP contribution in [0.1, 0.15) is 66.4 Å². The normalized spacial score (nSPS) is 28.4. The molecule has 1 saturated heterocycles. The first kappa shape index (κ1) is 26.9. The summed E-state index contributed by atoms with van der Waals surface area (Å²) in [7, 11) is -2.18. The first-order valence-electron chi connectivity index (χ1n) is 12.1. The first-order valence-corrected chi connectivity index (χ1v) is 15.1. The number of hydrogen-bond acceptors (Lipinski definition) is 7. The van der Waals surface area contributed by atoms with Gasteiger partial charge in [-0.3, -0.25) is 9.59 Å². The zero-order valence-corrected chi connectivity index (χ0v) is 22.8. The van der Waals surface area contributed by atoms with Gasteiger partial charge in [0.15, 0.2) is 14.4 Å². The fourth-order valence-corrected chi connectivity index (χ4v) is 6.30. The highest BCUT2D eigenvalue weighted by Gasteiger charge is 2.73. The number of carbonyl (C=O) groups excluding carboxylic acids is 2. The maximum absolute atomic E-state index is 12.1. The molecule has 7 nitrogen and oxygen atoms in total. The van der Waals surface area contributed by atoms with E-state index < -0.39 is 50.0 Å². The largest absolute Gasteiger partial charge is 0.453 e. The highest BCUT2D eigenvalue weighted by molar-refractivity contribution is 6.74. The average molecular weight is 493 g/mol. The molecular weight excluding hydrogens is 452 g/mol. The molecule has 0 N–H and O–H groups in total. The van der Waals surface area contributed by atoms with E-state index >= 15 is 0 Å². The third-order valence-electron chi connectivity index (χ3n) is 7.47. The van der Waals surface area contributed by atoms with E-state index in [-0.39, 0.29) is 5.04 Å². The first-order chi connectivity index (χ1) is 15.8. The molecule has 3 rings (SSSR count). The quantitative estimate of drug-likeness (QED) is 0.349. The maximum atomic E-state index is 12.1. The minimum Gasteiger partial charge on any atom is -0.453 e. The molecule has 190 valence electrons. The van der Waals surface area contributed by atoms with Crippen molar-refractivity contribution in [2.24, 2.45) is 0 Å². The van der Waals surface area contributed by atoms with Gasteiger partial charge in [0, 0.05) is 13.8 Å². The lowest BCUT2D eigenvalue weighted by molar-refractivity contribution is -0.224. The van der Waals surface area contributed by atoms with Crippen LogP contribution in [0.25, 0.3) is 0 Å². The Kier molecular flexibility index (Phi) is 7.68. The van der Waals surface area contributed by atoms with E-state index in [4.69, 9.17) is 23.4 Å². The minimum atomic E-state index is -2.18. The van der Waals surface area contributed by atoms with E-state index in [2.05, 4.69) is 33.9 Å². The van der Waals surface area contributed by atoms with Crippen molar-refractivity contribution >= 4 is 20.3 Å². The molecule has 1 saturated carbocycles. The molecule has 1 heterocycles. The van der Waals surface area contributed by atoms with Gasteiger partial charge in [0.05, 0.1) is 12.2 Å². The molecule has 1 aromatic rings. The number of esters is 2. The fraction of sp³-hybridized carbons (Fsp3) is 0.692.